The summed E-state index contributed by atoms with van der Waals surface area (Å²) in [5.74, 6) is 0.618. The monoisotopic (exact) mass is 328 g/mol. The number of guanidine groups is 1. The first kappa shape index (κ1) is 17.5. The van der Waals surface area contributed by atoms with Crippen LogP contribution in [0.2, 0.25) is 0 Å². The predicted octanol–water partition coefficient (Wildman–Crippen LogP) is 1.02. The molecule has 1 heterocycles. The lowest BCUT2D eigenvalue weighted by atomic mass is 10.2. The zero-order valence-corrected chi connectivity index (χ0v) is 14.4. The van der Waals surface area contributed by atoms with E-state index in [0.717, 1.165) is 17.8 Å². The smallest absolute Gasteiger partial charge is 0.241 e. The molecule has 1 aromatic carbocycles. The van der Waals surface area contributed by atoms with Crippen LogP contribution in [0.15, 0.2) is 48.0 Å². The van der Waals surface area contributed by atoms with Crippen molar-refractivity contribution in [1.82, 2.24) is 25.1 Å². The molecule has 0 unspecified atom stereocenters. The number of rotatable bonds is 6. The molecule has 0 radical (unpaired) electrons. The maximum absolute atomic E-state index is 11.7. The molecule has 0 saturated carbocycles. The van der Waals surface area contributed by atoms with Crippen molar-refractivity contribution in [3.63, 3.8) is 0 Å². The minimum Gasteiger partial charge on any atom is -0.357 e. The molecule has 0 saturated heterocycles. The minimum atomic E-state index is -0.000538. The summed E-state index contributed by atoms with van der Waals surface area (Å²) in [4.78, 5) is 21.9. The van der Waals surface area contributed by atoms with Crippen LogP contribution < -0.4 is 10.6 Å². The number of nitrogens with one attached hydrogen (secondary N) is 2. The highest BCUT2D eigenvalue weighted by molar-refractivity contribution is 5.86. The fourth-order valence-electron chi connectivity index (χ4n) is 2.12. The summed E-state index contributed by atoms with van der Waals surface area (Å²) in [6, 6.07) is 8.04. The van der Waals surface area contributed by atoms with Crippen molar-refractivity contribution in [3.8, 4) is 5.69 Å². The van der Waals surface area contributed by atoms with Crippen molar-refractivity contribution in [2.24, 2.45) is 4.99 Å². The maximum Gasteiger partial charge on any atom is 0.241 e. The van der Waals surface area contributed by atoms with Crippen molar-refractivity contribution in [3.05, 3.63) is 48.5 Å². The van der Waals surface area contributed by atoms with Gasteiger partial charge in [0.2, 0.25) is 5.91 Å². The lowest BCUT2D eigenvalue weighted by Crippen LogP contribution is -2.42. The Morgan fingerprint density at radius 1 is 1.29 bits per heavy atom. The van der Waals surface area contributed by atoms with Gasteiger partial charge in [-0.1, -0.05) is 18.2 Å². The van der Waals surface area contributed by atoms with Gasteiger partial charge in [0.25, 0.3) is 0 Å². The normalized spacial score (nSPS) is 11.2. The fraction of sp³-hybridized carbons (Fsp3) is 0.353. The first-order valence-electron chi connectivity index (χ1n) is 7.90. The Balaban J connectivity index is 2.10. The summed E-state index contributed by atoms with van der Waals surface area (Å²) in [5.41, 5.74) is 2.12. The third-order valence-corrected chi connectivity index (χ3v) is 3.43. The van der Waals surface area contributed by atoms with Gasteiger partial charge in [0.05, 0.1) is 25.1 Å². The summed E-state index contributed by atoms with van der Waals surface area (Å²) < 4.78 is 1.96. The number of aliphatic imine (C=N–C) groups is 1. The number of nitrogens with zero attached hydrogens (tertiary/aromatic N) is 4. The molecule has 0 bridgehead atoms. The molecule has 0 aliphatic rings. The van der Waals surface area contributed by atoms with E-state index in [0.29, 0.717) is 12.5 Å². The quantitative estimate of drug-likeness (QED) is 0.613. The second kappa shape index (κ2) is 8.71. The molecule has 24 heavy (non-hydrogen) atoms. The third kappa shape index (κ3) is 4.84. The number of likely N-dealkylation sites (N-methyl/N-ethyl adjacent to an activating group) is 1. The van der Waals surface area contributed by atoms with E-state index in [-0.39, 0.29) is 12.5 Å². The Morgan fingerprint density at radius 3 is 2.75 bits per heavy atom. The zero-order valence-electron chi connectivity index (χ0n) is 14.4. The Kier molecular flexibility index (Phi) is 6.36. The Bertz CT molecular complexity index is 678. The van der Waals surface area contributed by atoms with Gasteiger partial charge in [-0.05, 0) is 18.6 Å². The number of aromatic nitrogens is 2. The molecule has 0 aliphatic carbocycles. The standard InChI is InChI=1S/C17H24N6O/c1-4-19-17(21-12-16(24)22(2)3)20-11-14-7-5-6-8-15(14)23-10-9-18-13-23/h5-10,13H,4,11-12H2,1-3H3,(H2,19,20,21). The van der Waals surface area contributed by atoms with E-state index >= 15 is 0 Å². The first-order valence-corrected chi connectivity index (χ1v) is 7.90. The van der Waals surface area contributed by atoms with Gasteiger partial charge in [-0.2, -0.15) is 0 Å². The predicted molar refractivity (Wildman–Crippen MR) is 95.1 cm³/mol. The Hall–Kier alpha value is -2.83. The summed E-state index contributed by atoms with van der Waals surface area (Å²) in [6.45, 7) is 3.43. The number of benzene rings is 1. The zero-order chi connectivity index (χ0) is 17.4. The molecule has 0 aliphatic heterocycles. The van der Waals surface area contributed by atoms with Crippen LogP contribution in [0.25, 0.3) is 5.69 Å². The average Bonchev–Trinajstić information content (AvgIpc) is 3.11. The second-order valence-corrected chi connectivity index (χ2v) is 5.44. The van der Waals surface area contributed by atoms with Crippen molar-refractivity contribution < 1.29 is 4.79 Å². The fourth-order valence-corrected chi connectivity index (χ4v) is 2.12. The van der Waals surface area contributed by atoms with Crippen LogP contribution in [0.5, 0.6) is 0 Å². The van der Waals surface area contributed by atoms with Crippen LogP contribution in [0, 0.1) is 0 Å². The van der Waals surface area contributed by atoms with E-state index in [1.165, 1.54) is 0 Å². The molecule has 2 rings (SSSR count). The van der Waals surface area contributed by atoms with Crippen LogP contribution in [0.3, 0.4) is 0 Å². The molecule has 2 aromatic rings. The topological polar surface area (TPSA) is 74.5 Å². The van der Waals surface area contributed by atoms with E-state index in [2.05, 4.69) is 20.6 Å². The maximum atomic E-state index is 11.7. The highest BCUT2D eigenvalue weighted by Gasteiger charge is 2.07. The highest BCUT2D eigenvalue weighted by Crippen LogP contribution is 2.14. The van der Waals surface area contributed by atoms with Gasteiger partial charge >= 0.3 is 0 Å². The van der Waals surface area contributed by atoms with E-state index in [4.69, 9.17) is 0 Å². The molecule has 1 amide bonds. The minimum absolute atomic E-state index is 0.000538. The molecule has 0 spiro atoms. The molecule has 7 heteroatoms. The van der Waals surface area contributed by atoms with Crippen molar-refractivity contribution in [2.45, 2.75) is 13.5 Å². The summed E-state index contributed by atoms with van der Waals surface area (Å²) in [5, 5.41) is 6.21. The molecule has 0 fully saturated rings. The number of amides is 1. The number of imidazole rings is 1. The van der Waals surface area contributed by atoms with Crippen LogP contribution >= 0.6 is 0 Å². The van der Waals surface area contributed by atoms with Crippen LogP contribution in [0.4, 0.5) is 0 Å². The lowest BCUT2D eigenvalue weighted by molar-refractivity contribution is -0.127. The van der Waals surface area contributed by atoms with Crippen molar-refractivity contribution in [1.29, 1.82) is 0 Å². The molecule has 0 atom stereocenters. The van der Waals surface area contributed by atoms with Gasteiger partial charge in [-0.15, -0.1) is 0 Å². The van der Waals surface area contributed by atoms with Gasteiger partial charge in [-0.3, -0.25) is 4.79 Å². The number of para-hydroxylation sites is 1. The molecule has 128 valence electrons. The molecule has 7 nitrogen and oxygen atoms in total. The molecular formula is C17H24N6O. The van der Waals surface area contributed by atoms with Gasteiger partial charge < -0.3 is 20.1 Å². The van der Waals surface area contributed by atoms with Crippen molar-refractivity contribution >= 4 is 11.9 Å². The van der Waals surface area contributed by atoms with E-state index in [1.54, 1.807) is 31.5 Å². The largest absolute Gasteiger partial charge is 0.357 e. The van der Waals surface area contributed by atoms with Gasteiger partial charge in [0.15, 0.2) is 5.96 Å². The van der Waals surface area contributed by atoms with E-state index < -0.39 is 0 Å². The summed E-state index contributed by atoms with van der Waals surface area (Å²) in [7, 11) is 3.46. The number of carbonyl (C=O) groups excluding carboxylic acids is 1. The highest BCUT2D eigenvalue weighted by atomic mass is 16.2. The van der Waals surface area contributed by atoms with Crippen LogP contribution in [-0.4, -0.2) is 53.5 Å². The summed E-state index contributed by atoms with van der Waals surface area (Å²) >= 11 is 0. The molecular weight excluding hydrogens is 304 g/mol. The van der Waals surface area contributed by atoms with Crippen LogP contribution in [0.1, 0.15) is 12.5 Å². The van der Waals surface area contributed by atoms with Crippen molar-refractivity contribution in [2.75, 3.05) is 27.2 Å². The van der Waals surface area contributed by atoms with Gasteiger partial charge in [0, 0.05) is 33.0 Å². The number of hydrogen-bond donors (Lipinski definition) is 2. The Morgan fingerprint density at radius 2 is 2.08 bits per heavy atom. The number of carbonyl (C=O) groups is 1. The van der Waals surface area contributed by atoms with Gasteiger partial charge in [0.1, 0.15) is 0 Å². The Labute approximate surface area is 142 Å². The summed E-state index contributed by atoms with van der Waals surface area (Å²) in [6.07, 6.45) is 5.42. The van der Waals surface area contributed by atoms with Crippen LogP contribution in [-0.2, 0) is 11.3 Å². The average molecular weight is 328 g/mol. The molecule has 2 N–H and O–H groups in total. The lowest BCUT2D eigenvalue weighted by Gasteiger charge is -2.14. The first-order chi connectivity index (χ1) is 11.6. The molecule has 1 aromatic heterocycles. The van der Waals surface area contributed by atoms with Gasteiger partial charge in [-0.25, -0.2) is 9.98 Å². The van der Waals surface area contributed by atoms with E-state index in [9.17, 15) is 4.79 Å². The SMILES string of the molecule is CCNC(=NCc1ccccc1-n1ccnc1)NCC(=O)N(C)C. The second-order valence-electron chi connectivity index (χ2n) is 5.44. The van der Waals surface area contributed by atoms with E-state index in [1.807, 2.05) is 42.0 Å². The third-order valence-electron chi connectivity index (χ3n) is 3.43. The number of hydrogen-bond acceptors (Lipinski definition) is 3.